The highest BCUT2D eigenvalue weighted by Gasteiger charge is 2.42. The summed E-state index contributed by atoms with van der Waals surface area (Å²) < 4.78 is 29.9. The molecule has 0 bridgehead atoms. The molecule has 4 amide bonds. The first-order valence-electron chi connectivity index (χ1n) is 13.6. The Kier molecular flexibility index (Phi) is 7.33. The van der Waals surface area contributed by atoms with Crippen molar-refractivity contribution in [2.24, 2.45) is 0 Å². The molecule has 1 N–H and O–H groups in total. The fraction of sp³-hybridized carbons (Fsp3) is 0.121. The van der Waals surface area contributed by atoms with Gasteiger partial charge in [0.05, 0.1) is 29.3 Å². The lowest BCUT2D eigenvalue weighted by molar-refractivity contribution is -0.143. The van der Waals surface area contributed by atoms with Crippen LogP contribution in [0.2, 0.25) is 0 Å². The van der Waals surface area contributed by atoms with Gasteiger partial charge in [-0.15, -0.1) is 0 Å². The van der Waals surface area contributed by atoms with Crippen LogP contribution in [0, 0.1) is 11.6 Å². The molecular weight excluding hydrogens is 554 g/mol. The predicted molar refractivity (Wildman–Crippen MR) is 159 cm³/mol. The van der Waals surface area contributed by atoms with Gasteiger partial charge in [-0.1, -0.05) is 72.8 Å². The third kappa shape index (κ3) is 5.07. The number of para-hydroxylation sites is 4. The number of benzene rings is 4. The molecule has 4 aromatic rings. The monoisotopic (exact) mass is 580 g/mol. The Morgan fingerprint density at radius 3 is 1.70 bits per heavy atom. The number of carbonyl (C=O) groups is 3. The predicted octanol–water partition coefficient (Wildman–Crippen LogP) is 6.74. The van der Waals surface area contributed by atoms with Crippen molar-refractivity contribution in [1.29, 1.82) is 0 Å². The minimum Gasteiger partial charge on any atom is -0.480 e. The maximum absolute atomic E-state index is 14.9. The Labute approximate surface area is 246 Å². The van der Waals surface area contributed by atoms with E-state index < -0.39 is 42.3 Å². The molecule has 2 aliphatic rings. The maximum atomic E-state index is 14.9. The van der Waals surface area contributed by atoms with Crippen LogP contribution in [0.25, 0.3) is 12.2 Å². The molecule has 0 aromatic heterocycles. The largest absolute Gasteiger partial charge is 0.480 e. The molecule has 0 radical (unpaired) electrons. The lowest BCUT2D eigenvalue weighted by atomic mass is 10.1. The molecule has 10 heteroatoms. The smallest absolute Gasteiger partial charge is 0.330 e. The average molecular weight is 581 g/mol. The molecular formula is C33H26F2N4O4. The Bertz CT molecular complexity index is 1670. The minimum atomic E-state index is -1.43. The summed E-state index contributed by atoms with van der Waals surface area (Å²) in [6.07, 6.45) is 3.79. The number of hydrogen-bond acceptors (Lipinski definition) is 3. The third-order valence-corrected chi connectivity index (χ3v) is 7.55. The summed E-state index contributed by atoms with van der Waals surface area (Å²) in [6, 6.07) is 22.7. The highest BCUT2D eigenvalue weighted by Crippen LogP contribution is 2.38. The molecule has 0 aliphatic carbocycles. The van der Waals surface area contributed by atoms with E-state index in [-0.39, 0.29) is 24.5 Å². The number of urea groups is 2. The number of aliphatic carboxylic acids is 1. The number of nitrogens with zero attached hydrogens (tertiary/aromatic N) is 4. The van der Waals surface area contributed by atoms with Gasteiger partial charge in [0.2, 0.25) is 0 Å². The number of anilines is 4. The molecule has 8 nitrogen and oxygen atoms in total. The first kappa shape index (κ1) is 27.6. The number of hydrogen-bond donors (Lipinski definition) is 1. The second kappa shape index (κ2) is 11.4. The number of carboxylic acids is 1. The van der Waals surface area contributed by atoms with Crippen molar-refractivity contribution in [3.63, 3.8) is 0 Å². The highest BCUT2D eigenvalue weighted by molar-refractivity contribution is 6.07. The van der Waals surface area contributed by atoms with Crippen molar-refractivity contribution in [2.75, 3.05) is 29.4 Å². The Balaban J connectivity index is 1.34. The van der Waals surface area contributed by atoms with Crippen LogP contribution in [0.1, 0.15) is 11.1 Å². The molecule has 6 rings (SSSR count). The molecule has 43 heavy (non-hydrogen) atoms. The Morgan fingerprint density at radius 1 is 0.698 bits per heavy atom. The van der Waals surface area contributed by atoms with E-state index in [0.29, 0.717) is 11.4 Å². The van der Waals surface area contributed by atoms with Crippen molar-refractivity contribution in [2.45, 2.75) is 6.04 Å². The van der Waals surface area contributed by atoms with Gasteiger partial charge in [-0.25, -0.2) is 23.2 Å². The number of amides is 4. The van der Waals surface area contributed by atoms with Crippen molar-refractivity contribution in [1.82, 2.24) is 9.80 Å². The summed E-state index contributed by atoms with van der Waals surface area (Å²) in [7, 11) is 0. The quantitative estimate of drug-likeness (QED) is 0.291. The number of halogens is 2. The summed E-state index contributed by atoms with van der Waals surface area (Å²) in [6.45, 7) is -0.587. The normalized spacial score (nSPS) is 15.8. The van der Waals surface area contributed by atoms with E-state index >= 15 is 0 Å². The molecule has 1 saturated heterocycles. The zero-order valence-electron chi connectivity index (χ0n) is 22.8. The van der Waals surface area contributed by atoms with Crippen LogP contribution in [-0.4, -0.2) is 58.6 Å². The van der Waals surface area contributed by atoms with E-state index in [2.05, 4.69) is 0 Å². The average Bonchev–Trinajstić information content (AvgIpc) is 3.19. The van der Waals surface area contributed by atoms with Gasteiger partial charge in [0, 0.05) is 13.1 Å². The summed E-state index contributed by atoms with van der Waals surface area (Å²) in [5, 5.41) is 10.3. The van der Waals surface area contributed by atoms with Crippen LogP contribution in [0.5, 0.6) is 0 Å². The molecule has 4 aromatic carbocycles. The molecule has 0 saturated carbocycles. The molecule has 216 valence electrons. The van der Waals surface area contributed by atoms with Gasteiger partial charge < -0.3 is 14.9 Å². The molecule has 2 heterocycles. The van der Waals surface area contributed by atoms with Crippen LogP contribution in [0.15, 0.2) is 97.1 Å². The molecule has 2 aliphatic heterocycles. The third-order valence-electron chi connectivity index (χ3n) is 7.55. The van der Waals surface area contributed by atoms with Crippen molar-refractivity contribution >= 4 is 52.9 Å². The van der Waals surface area contributed by atoms with Gasteiger partial charge in [0.25, 0.3) is 0 Å². The van der Waals surface area contributed by atoms with Crippen LogP contribution < -0.4 is 9.80 Å². The van der Waals surface area contributed by atoms with Gasteiger partial charge in [-0.3, -0.25) is 9.80 Å². The van der Waals surface area contributed by atoms with Crippen molar-refractivity contribution < 1.29 is 28.3 Å². The summed E-state index contributed by atoms with van der Waals surface area (Å²) >= 11 is 0. The van der Waals surface area contributed by atoms with Crippen molar-refractivity contribution in [3.8, 4) is 0 Å². The van der Waals surface area contributed by atoms with E-state index in [4.69, 9.17) is 0 Å². The second-order valence-corrected chi connectivity index (χ2v) is 10.1. The zero-order valence-corrected chi connectivity index (χ0v) is 22.8. The number of rotatable bonds is 3. The minimum absolute atomic E-state index is 0.0663. The van der Waals surface area contributed by atoms with Gasteiger partial charge in [-0.2, -0.15) is 0 Å². The van der Waals surface area contributed by atoms with E-state index in [1.807, 2.05) is 36.4 Å². The maximum Gasteiger partial charge on any atom is 0.330 e. The van der Waals surface area contributed by atoms with Gasteiger partial charge in [-0.05, 0) is 47.5 Å². The molecule has 1 fully saturated rings. The van der Waals surface area contributed by atoms with Gasteiger partial charge >= 0.3 is 18.0 Å². The second-order valence-electron chi connectivity index (χ2n) is 10.1. The number of carboxylic acid groups (broad SMARTS) is 1. The van der Waals surface area contributed by atoms with E-state index in [1.165, 1.54) is 51.1 Å². The lowest BCUT2D eigenvalue weighted by Crippen LogP contribution is -2.62. The first-order chi connectivity index (χ1) is 20.8. The zero-order chi connectivity index (χ0) is 30.1. The summed E-state index contributed by atoms with van der Waals surface area (Å²) in [5.74, 6) is -2.83. The number of piperazine rings is 1. The SMILES string of the molecule is O=C(O)[C@@H]1CN(C(=O)N(c2ccccc2F)c2ccccc2F)CCN1C(=O)N1c2ccccc2C=Cc2ccccc21. The summed E-state index contributed by atoms with van der Waals surface area (Å²) in [4.78, 5) is 45.6. The van der Waals surface area contributed by atoms with Crippen LogP contribution in [0.3, 0.4) is 0 Å². The van der Waals surface area contributed by atoms with Gasteiger partial charge in [0.15, 0.2) is 0 Å². The van der Waals surface area contributed by atoms with Gasteiger partial charge in [0.1, 0.15) is 17.7 Å². The number of carbonyl (C=O) groups excluding carboxylic acids is 2. The van der Waals surface area contributed by atoms with Crippen molar-refractivity contribution in [3.05, 3.63) is 120 Å². The molecule has 0 unspecified atom stereocenters. The lowest BCUT2D eigenvalue weighted by Gasteiger charge is -2.42. The Morgan fingerprint density at radius 2 is 1.19 bits per heavy atom. The van der Waals surface area contributed by atoms with E-state index in [0.717, 1.165) is 28.2 Å². The fourth-order valence-electron chi connectivity index (χ4n) is 5.45. The van der Waals surface area contributed by atoms with Crippen LogP contribution >= 0.6 is 0 Å². The van der Waals surface area contributed by atoms with Crippen LogP contribution in [-0.2, 0) is 4.79 Å². The highest BCUT2D eigenvalue weighted by atomic mass is 19.1. The van der Waals surface area contributed by atoms with E-state index in [9.17, 15) is 28.3 Å². The first-order valence-corrected chi connectivity index (χ1v) is 13.6. The Hall–Kier alpha value is -5.51. The number of fused-ring (bicyclic) bond motifs is 2. The molecule has 1 atom stereocenters. The fourth-order valence-corrected chi connectivity index (χ4v) is 5.45. The summed E-state index contributed by atoms with van der Waals surface area (Å²) in [5.41, 5.74) is 2.35. The van der Waals surface area contributed by atoms with E-state index in [1.54, 1.807) is 24.3 Å². The van der Waals surface area contributed by atoms with Crippen LogP contribution in [0.4, 0.5) is 41.1 Å². The topological polar surface area (TPSA) is 84.4 Å². The molecule has 0 spiro atoms. The standard InChI is InChI=1S/C33H26F2N4O4/c34-24-11-3-7-15-28(24)39(29-16-8-4-12-25(29)35)32(42)36-19-20-37(30(21-36)31(40)41)33(43)38-26-13-5-1-9-22(26)17-18-23-10-2-6-14-27(23)38/h1-18,30H,19-21H2,(H,40,41)/t30-/m0/s1.